The molecule has 0 atom stereocenters. The average molecular weight is 1180 g/mol. The second-order valence-electron chi connectivity index (χ2n) is 27.2. The van der Waals surface area contributed by atoms with Crippen molar-refractivity contribution in [2.24, 2.45) is 0 Å². The van der Waals surface area contributed by atoms with Gasteiger partial charge in [-0.3, -0.25) is 0 Å². The van der Waals surface area contributed by atoms with E-state index in [1.807, 2.05) is 0 Å². The highest BCUT2D eigenvalue weighted by Crippen LogP contribution is 2.55. The van der Waals surface area contributed by atoms with Crippen LogP contribution in [0.1, 0.15) is 52.7 Å². The van der Waals surface area contributed by atoms with E-state index in [1.165, 1.54) is 87.3 Å². The zero-order valence-electron chi connectivity index (χ0n) is 52.0. The molecule has 19 aromatic rings. The number of rotatable bonds is 8. The maximum atomic E-state index is 6.68. The summed E-state index contributed by atoms with van der Waals surface area (Å²) in [5, 5.41) is 14.1. The SMILES string of the molecule is CC(C)(C)c1ccc(N(c2ccc3oc4ccccc4c3c2-c2ccccc2)c2ccc3c4cc5c(cc4n4c6ccccc6c2c34)c2ccc(N(c3ccc(C(C)(C)C)cc3)c3ccc4oc6ccccc6c4c3-c3ccccc3)c3c4ccccc4n5c23)cc1. The number of anilines is 6. The van der Waals surface area contributed by atoms with E-state index in [0.29, 0.717) is 0 Å². The van der Waals surface area contributed by atoms with Crippen LogP contribution >= 0.6 is 0 Å². The molecule has 0 saturated heterocycles. The van der Waals surface area contributed by atoms with E-state index < -0.39 is 0 Å². The van der Waals surface area contributed by atoms with Gasteiger partial charge < -0.3 is 27.4 Å². The third kappa shape index (κ3) is 7.43. The largest absolute Gasteiger partial charge is 0.456 e. The molecule has 6 nitrogen and oxygen atoms in total. The van der Waals surface area contributed by atoms with Gasteiger partial charge >= 0.3 is 0 Å². The van der Waals surface area contributed by atoms with E-state index in [2.05, 4.69) is 327 Å². The molecule has 19 rings (SSSR count). The van der Waals surface area contributed by atoms with Crippen LogP contribution in [0.25, 0.3) is 142 Å². The molecule has 0 bridgehead atoms. The Hall–Kier alpha value is -11.3. The Labute approximate surface area is 531 Å². The van der Waals surface area contributed by atoms with Gasteiger partial charge in [-0.2, -0.15) is 0 Å². The third-order valence-electron chi connectivity index (χ3n) is 19.9. The van der Waals surface area contributed by atoms with Crippen molar-refractivity contribution in [1.82, 2.24) is 8.80 Å². The predicted octanol–water partition coefficient (Wildman–Crippen LogP) is 24.7. The van der Waals surface area contributed by atoms with Crippen LogP contribution in [0.3, 0.4) is 0 Å². The van der Waals surface area contributed by atoms with E-state index in [0.717, 1.165) is 100 Å². The van der Waals surface area contributed by atoms with Gasteiger partial charge in [0.1, 0.15) is 22.3 Å². The quantitative estimate of drug-likeness (QED) is 0.152. The first-order valence-corrected chi connectivity index (χ1v) is 32.1. The van der Waals surface area contributed by atoms with Crippen LogP contribution in [0.5, 0.6) is 0 Å². The molecule has 13 aromatic carbocycles. The minimum atomic E-state index is -0.0277. The molecule has 0 unspecified atom stereocenters. The fraction of sp³-hybridized carbons (Fsp3) is 0.0930. The maximum Gasteiger partial charge on any atom is 0.136 e. The monoisotopic (exact) mass is 1180 g/mol. The van der Waals surface area contributed by atoms with Crippen molar-refractivity contribution in [3.63, 3.8) is 0 Å². The van der Waals surface area contributed by atoms with Gasteiger partial charge in [0.05, 0.1) is 55.8 Å². The van der Waals surface area contributed by atoms with Gasteiger partial charge in [0.2, 0.25) is 0 Å². The minimum absolute atomic E-state index is 0.0277. The predicted molar refractivity (Wildman–Crippen MR) is 388 cm³/mol. The Balaban J connectivity index is 0.883. The summed E-state index contributed by atoms with van der Waals surface area (Å²) in [6, 6.07) is 98.7. The van der Waals surface area contributed by atoms with Gasteiger partial charge in [0.15, 0.2) is 0 Å². The topological polar surface area (TPSA) is 41.6 Å². The van der Waals surface area contributed by atoms with Crippen LogP contribution in [-0.2, 0) is 10.8 Å². The minimum Gasteiger partial charge on any atom is -0.456 e. The Bertz CT molecular complexity index is 5810. The Morgan fingerprint density at radius 3 is 1.03 bits per heavy atom. The third-order valence-corrected chi connectivity index (χ3v) is 19.9. The Kier molecular flexibility index (Phi) is 10.9. The fourth-order valence-electron chi connectivity index (χ4n) is 15.7. The van der Waals surface area contributed by atoms with Gasteiger partial charge in [-0.1, -0.05) is 211 Å². The molecule has 0 aliphatic heterocycles. The highest BCUT2D eigenvalue weighted by Gasteiger charge is 2.32. The molecule has 0 saturated carbocycles. The van der Waals surface area contributed by atoms with Gasteiger partial charge in [0, 0.05) is 87.1 Å². The molecule has 6 aromatic heterocycles. The molecule has 92 heavy (non-hydrogen) atoms. The van der Waals surface area contributed by atoms with E-state index in [9.17, 15) is 0 Å². The van der Waals surface area contributed by atoms with Crippen molar-refractivity contribution in [3.8, 4) is 22.3 Å². The first-order chi connectivity index (χ1) is 44.9. The lowest BCUT2D eigenvalue weighted by molar-refractivity contribution is 0.590. The van der Waals surface area contributed by atoms with Crippen LogP contribution in [0.15, 0.2) is 276 Å². The van der Waals surface area contributed by atoms with Crippen molar-refractivity contribution in [3.05, 3.63) is 278 Å². The number of hydrogen-bond donors (Lipinski definition) is 0. The van der Waals surface area contributed by atoms with E-state index in [-0.39, 0.29) is 10.8 Å². The maximum absolute atomic E-state index is 6.68. The number of benzene rings is 13. The van der Waals surface area contributed by atoms with Gasteiger partial charge in [-0.05, 0) is 130 Å². The fourth-order valence-corrected chi connectivity index (χ4v) is 15.7. The summed E-state index contributed by atoms with van der Waals surface area (Å²) >= 11 is 0. The zero-order valence-corrected chi connectivity index (χ0v) is 52.0. The molecule has 0 N–H and O–H groups in total. The molecule has 6 heteroatoms. The van der Waals surface area contributed by atoms with Crippen molar-refractivity contribution >= 4 is 154 Å². The van der Waals surface area contributed by atoms with E-state index in [1.54, 1.807) is 0 Å². The molecular formula is C86H62N4O2. The van der Waals surface area contributed by atoms with Crippen molar-refractivity contribution < 1.29 is 8.83 Å². The lowest BCUT2D eigenvalue weighted by Gasteiger charge is -2.30. The first kappa shape index (κ1) is 52.6. The summed E-state index contributed by atoms with van der Waals surface area (Å²) in [5.74, 6) is 0. The molecular weight excluding hydrogens is 1120 g/mol. The standard InChI is InChI=1S/C86H62N4O2/c1-85(2,3)53-33-37-55(38-34-53)87(67-45-47-75-81(61-27-15-19-31-73(61)91-75)77(67)51-21-9-7-10-22-51)69-43-41-57-63-49-72-64(50-71(63)89-65-29-17-13-25-59(65)79(69)83(57)89)58-42-44-70(80-60-26-14-18-30-66(60)90(72)84(58)80)88(56-39-35-54(36-40-56)86(4,5)6)68-46-48-76-82(62-28-16-20-32-74(62)92-76)78(68)52-23-11-8-12-24-52/h7-50H,1-6H3. The molecule has 0 spiro atoms. The number of fused-ring (bicyclic) bond motifs is 18. The molecule has 438 valence electrons. The van der Waals surface area contributed by atoms with E-state index >= 15 is 0 Å². The second kappa shape index (κ2) is 19.1. The average Bonchev–Trinajstić information content (AvgIpc) is 1.51. The second-order valence-corrected chi connectivity index (χ2v) is 27.2. The summed E-state index contributed by atoms with van der Waals surface area (Å²) in [6.45, 7) is 13.7. The van der Waals surface area contributed by atoms with Crippen molar-refractivity contribution in [2.75, 3.05) is 9.80 Å². The number of aromatic nitrogens is 2. The highest BCUT2D eigenvalue weighted by molar-refractivity contribution is 6.33. The summed E-state index contributed by atoms with van der Waals surface area (Å²) in [4.78, 5) is 5.04. The van der Waals surface area contributed by atoms with Gasteiger partial charge in [-0.15, -0.1) is 0 Å². The zero-order chi connectivity index (χ0) is 61.5. The molecule has 0 radical (unpaired) electrons. The smallest absolute Gasteiger partial charge is 0.136 e. The first-order valence-electron chi connectivity index (χ1n) is 32.1. The van der Waals surface area contributed by atoms with Gasteiger partial charge in [-0.25, -0.2) is 0 Å². The number of nitrogens with zero attached hydrogens (tertiary/aromatic N) is 4. The molecule has 0 aliphatic rings. The molecule has 0 amide bonds. The van der Waals surface area contributed by atoms with Gasteiger partial charge in [0.25, 0.3) is 0 Å². The number of hydrogen-bond acceptors (Lipinski definition) is 4. The molecule has 0 fully saturated rings. The summed E-state index contributed by atoms with van der Waals surface area (Å²) < 4.78 is 18.5. The van der Waals surface area contributed by atoms with Crippen LogP contribution in [0.2, 0.25) is 0 Å². The van der Waals surface area contributed by atoms with Crippen molar-refractivity contribution in [1.29, 1.82) is 0 Å². The Morgan fingerprint density at radius 2 is 0.630 bits per heavy atom. The number of furan rings is 2. The number of para-hydroxylation sites is 4. The Morgan fingerprint density at radius 1 is 0.272 bits per heavy atom. The van der Waals surface area contributed by atoms with Crippen LogP contribution in [0.4, 0.5) is 34.1 Å². The normalized spacial score (nSPS) is 12.7. The summed E-state index contributed by atoms with van der Waals surface area (Å²) in [7, 11) is 0. The van der Waals surface area contributed by atoms with Crippen LogP contribution < -0.4 is 9.80 Å². The summed E-state index contributed by atoms with van der Waals surface area (Å²) in [6.07, 6.45) is 0. The molecule has 0 aliphatic carbocycles. The summed E-state index contributed by atoms with van der Waals surface area (Å²) in [5.41, 5.74) is 24.1. The van der Waals surface area contributed by atoms with E-state index in [4.69, 9.17) is 8.83 Å². The molecule has 6 heterocycles. The van der Waals surface area contributed by atoms with Crippen molar-refractivity contribution in [2.45, 2.75) is 52.4 Å². The lowest BCUT2D eigenvalue weighted by atomic mass is 9.87. The van der Waals surface area contributed by atoms with Crippen LogP contribution in [0, 0.1) is 0 Å². The van der Waals surface area contributed by atoms with Crippen LogP contribution in [-0.4, -0.2) is 8.80 Å². The lowest BCUT2D eigenvalue weighted by Crippen LogP contribution is -2.14. The highest BCUT2D eigenvalue weighted by atomic mass is 16.3.